The Hall–Kier alpha value is -2.26. The van der Waals surface area contributed by atoms with Crippen LogP contribution in [-0.4, -0.2) is 28.3 Å². The molecule has 0 fully saturated rings. The van der Waals surface area contributed by atoms with Crippen LogP contribution in [0, 0.1) is 10.1 Å². The summed E-state index contributed by atoms with van der Waals surface area (Å²) in [6.07, 6.45) is 0.767. The lowest BCUT2D eigenvalue weighted by Crippen LogP contribution is -2.46. The van der Waals surface area contributed by atoms with Crippen molar-refractivity contribution >= 4 is 39.6 Å². The van der Waals surface area contributed by atoms with Crippen molar-refractivity contribution < 1.29 is 14.5 Å². The minimum atomic E-state index is -0.614. The van der Waals surface area contributed by atoms with Crippen LogP contribution in [0.5, 0.6) is 0 Å². The van der Waals surface area contributed by atoms with Crippen LogP contribution >= 0.6 is 22.7 Å². The normalized spacial score (nSPS) is 16.7. The number of carbonyl (C=O) groups is 2. The van der Waals surface area contributed by atoms with Gasteiger partial charge in [0.1, 0.15) is 0 Å². The van der Waals surface area contributed by atoms with Crippen molar-refractivity contribution in [1.82, 2.24) is 10.2 Å². The molecule has 0 saturated heterocycles. The summed E-state index contributed by atoms with van der Waals surface area (Å²) in [5.41, 5.74) is 1.11. The Morgan fingerprint density at radius 2 is 2.17 bits per heavy atom. The summed E-state index contributed by atoms with van der Waals surface area (Å²) in [5.74, 6) is -0.614. The fourth-order valence-corrected chi connectivity index (χ4v) is 4.24. The van der Waals surface area contributed by atoms with Crippen LogP contribution in [0.4, 0.5) is 9.80 Å². The molecule has 3 amide bonds. The number of amides is 3. The van der Waals surface area contributed by atoms with E-state index in [-0.39, 0.29) is 15.9 Å². The van der Waals surface area contributed by atoms with Crippen LogP contribution in [0.3, 0.4) is 0 Å². The van der Waals surface area contributed by atoms with Crippen molar-refractivity contribution in [2.75, 3.05) is 6.54 Å². The van der Waals surface area contributed by atoms with Crippen molar-refractivity contribution in [3.8, 4) is 0 Å². The lowest BCUT2D eigenvalue weighted by Gasteiger charge is -2.33. The molecular weight excluding hydrogens is 338 g/mol. The number of rotatable bonds is 2. The van der Waals surface area contributed by atoms with Gasteiger partial charge >= 0.3 is 11.0 Å². The van der Waals surface area contributed by atoms with Crippen LogP contribution in [0.15, 0.2) is 23.6 Å². The standard InChI is InChI=1S/C14H13N3O4S2/c1-8-9-5-7-22-10(9)4-6-16(8)14(19)15-13(18)11-2-3-12(23-11)17(20)21/h2-3,5,7-8H,4,6H2,1H3,(H,15,18,19). The molecule has 7 nitrogen and oxygen atoms in total. The topological polar surface area (TPSA) is 92.6 Å². The second kappa shape index (κ2) is 6.09. The minimum Gasteiger partial charge on any atom is -0.317 e. The lowest BCUT2D eigenvalue weighted by atomic mass is 10.0. The highest BCUT2D eigenvalue weighted by Gasteiger charge is 2.29. The number of fused-ring (bicyclic) bond motifs is 1. The predicted molar refractivity (Wildman–Crippen MR) is 87.0 cm³/mol. The van der Waals surface area contributed by atoms with Gasteiger partial charge in [-0.2, -0.15) is 0 Å². The summed E-state index contributed by atoms with van der Waals surface area (Å²) in [4.78, 5) is 37.5. The summed E-state index contributed by atoms with van der Waals surface area (Å²) >= 11 is 2.42. The van der Waals surface area contributed by atoms with Gasteiger partial charge in [0.15, 0.2) is 0 Å². The quantitative estimate of drug-likeness (QED) is 0.664. The van der Waals surface area contributed by atoms with Crippen LogP contribution in [0.2, 0.25) is 0 Å². The number of nitrogens with one attached hydrogen (secondary N) is 1. The second-order valence-corrected chi connectivity index (χ2v) is 7.14. The maximum absolute atomic E-state index is 12.3. The van der Waals surface area contributed by atoms with Gasteiger partial charge in [0.05, 0.1) is 15.8 Å². The van der Waals surface area contributed by atoms with Gasteiger partial charge in [-0.1, -0.05) is 11.3 Å². The maximum atomic E-state index is 12.3. The van der Waals surface area contributed by atoms with Crippen LogP contribution in [0.1, 0.15) is 33.1 Å². The molecule has 0 bridgehead atoms. The van der Waals surface area contributed by atoms with Crippen molar-refractivity contribution in [3.63, 3.8) is 0 Å². The fourth-order valence-electron chi connectivity index (χ4n) is 2.57. The number of hydrogen-bond acceptors (Lipinski definition) is 6. The molecule has 1 unspecified atom stereocenters. The van der Waals surface area contributed by atoms with Gasteiger partial charge in [-0.3, -0.25) is 20.2 Å². The van der Waals surface area contributed by atoms with E-state index in [1.54, 1.807) is 16.2 Å². The number of hydrogen-bond donors (Lipinski definition) is 1. The van der Waals surface area contributed by atoms with Gasteiger partial charge < -0.3 is 4.90 Å². The van der Waals surface area contributed by atoms with E-state index in [9.17, 15) is 19.7 Å². The highest BCUT2D eigenvalue weighted by Crippen LogP contribution is 2.32. The van der Waals surface area contributed by atoms with Gasteiger partial charge in [-0.05, 0) is 36.4 Å². The van der Waals surface area contributed by atoms with E-state index < -0.39 is 16.9 Å². The fraction of sp³-hybridized carbons (Fsp3) is 0.286. The number of urea groups is 1. The highest BCUT2D eigenvalue weighted by atomic mass is 32.1. The summed E-state index contributed by atoms with van der Waals surface area (Å²) < 4.78 is 0. The summed E-state index contributed by atoms with van der Waals surface area (Å²) in [6.45, 7) is 2.46. The Kier molecular flexibility index (Phi) is 4.14. The third-order valence-corrected chi connectivity index (χ3v) is 5.79. The molecule has 1 aliphatic rings. The molecule has 0 saturated carbocycles. The maximum Gasteiger partial charge on any atom is 0.324 e. The molecule has 1 aliphatic heterocycles. The first-order chi connectivity index (χ1) is 11.0. The van der Waals surface area contributed by atoms with E-state index >= 15 is 0 Å². The number of nitrogens with zero attached hydrogens (tertiary/aromatic N) is 2. The van der Waals surface area contributed by atoms with E-state index in [1.807, 2.05) is 18.4 Å². The molecule has 0 aliphatic carbocycles. The van der Waals surface area contributed by atoms with Crippen molar-refractivity contribution in [2.45, 2.75) is 19.4 Å². The molecule has 0 aromatic carbocycles. The first-order valence-corrected chi connectivity index (χ1v) is 8.59. The highest BCUT2D eigenvalue weighted by molar-refractivity contribution is 7.17. The Labute approximate surface area is 139 Å². The summed E-state index contributed by atoms with van der Waals surface area (Å²) in [7, 11) is 0. The SMILES string of the molecule is CC1c2ccsc2CCN1C(=O)NC(=O)c1ccc([N+](=O)[O-])s1. The third kappa shape index (κ3) is 2.97. The molecule has 1 N–H and O–H groups in total. The zero-order chi connectivity index (χ0) is 16.6. The van der Waals surface area contributed by atoms with E-state index in [4.69, 9.17) is 0 Å². The number of nitro groups is 1. The smallest absolute Gasteiger partial charge is 0.317 e. The van der Waals surface area contributed by atoms with E-state index in [1.165, 1.54) is 17.0 Å². The minimum absolute atomic E-state index is 0.101. The first kappa shape index (κ1) is 15.6. The lowest BCUT2D eigenvalue weighted by molar-refractivity contribution is -0.380. The monoisotopic (exact) mass is 351 g/mol. The Bertz CT molecular complexity index is 783. The molecule has 9 heteroatoms. The van der Waals surface area contributed by atoms with E-state index in [2.05, 4.69) is 5.32 Å². The van der Waals surface area contributed by atoms with Gasteiger partial charge in [0.25, 0.3) is 5.91 Å². The molecular formula is C14H13N3O4S2. The largest absolute Gasteiger partial charge is 0.324 e. The van der Waals surface area contributed by atoms with Gasteiger partial charge in [0, 0.05) is 17.5 Å². The van der Waals surface area contributed by atoms with E-state index in [0.29, 0.717) is 6.54 Å². The van der Waals surface area contributed by atoms with Gasteiger partial charge in [0.2, 0.25) is 0 Å². The van der Waals surface area contributed by atoms with Crippen molar-refractivity contribution in [3.05, 3.63) is 49.0 Å². The third-order valence-electron chi connectivity index (χ3n) is 3.75. The van der Waals surface area contributed by atoms with Gasteiger partial charge in [-0.15, -0.1) is 11.3 Å². The first-order valence-electron chi connectivity index (χ1n) is 6.90. The number of thiophene rings is 2. The average Bonchev–Trinajstić information content (AvgIpc) is 3.17. The number of imide groups is 1. The molecule has 0 radical (unpaired) electrons. The molecule has 120 valence electrons. The summed E-state index contributed by atoms with van der Waals surface area (Å²) in [6, 6.07) is 4.02. The molecule has 2 aromatic heterocycles. The van der Waals surface area contributed by atoms with Crippen LogP contribution in [-0.2, 0) is 6.42 Å². The molecule has 3 rings (SSSR count). The molecule has 2 aromatic rings. The van der Waals surface area contributed by atoms with Crippen LogP contribution in [0.25, 0.3) is 0 Å². The summed E-state index contributed by atoms with van der Waals surface area (Å²) in [5, 5.41) is 14.8. The molecule has 3 heterocycles. The van der Waals surface area contributed by atoms with Gasteiger partial charge in [-0.25, -0.2) is 4.79 Å². The van der Waals surface area contributed by atoms with Crippen molar-refractivity contribution in [2.24, 2.45) is 0 Å². The Balaban J connectivity index is 1.69. The predicted octanol–water partition coefficient (Wildman–Crippen LogP) is 3.19. The molecule has 0 spiro atoms. The zero-order valence-electron chi connectivity index (χ0n) is 12.1. The molecule has 23 heavy (non-hydrogen) atoms. The van der Waals surface area contributed by atoms with Crippen LogP contribution < -0.4 is 5.32 Å². The second-order valence-electron chi connectivity index (χ2n) is 5.07. The van der Waals surface area contributed by atoms with Crippen molar-refractivity contribution in [1.29, 1.82) is 0 Å². The van der Waals surface area contributed by atoms with E-state index in [0.717, 1.165) is 23.3 Å². The Morgan fingerprint density at radius 3 is 2.87 bits per heavy atom. The molecule has 1 atom stereocenters. The Morgan fingerprint density at radius 1 is 1.39 bits per heavy atom. The number of carbonyl (C=O) groups excluding carboxylic acids is 2. The zero-order valence-corrected chi connectivity index (χ0v) is 13.8. The average molecular weight is 351 g/mol.